The molecule has 0 bridgehead atoms. The average molecular weight is 764 g/mol. The van der Waals surface area contributed by atoms with E-state index in [1.165, 1.54) is 6.20 Å². The van der Waals surface area contributed by atoms with Crippen molar-refractivity contribution in [2.45, 2.75) is 0 Å². The van der Waals surface area contributed by atoms with Crippen LogP contribution in [0.5, 0.6) is 23.0 Å². The van der Waals surface area contributed by atoms with Gasteiger partial charge in [0.25, 0.3) is 5.95 Å². The van der Waals surface area contributed by atoms with Gasteiger partial charge in [-0.15, -0.1) is 5.10 Å². The number of hydrogen-bond donors (Lipinski definition) is 0. The van der Waals surface area contributed by atoms with E-state index in [4.69, 9.17) is 10.8 Å². The van der Waals surface area contributed by atoms with Gasteiger partial charge in [-0.3, -0.25) is 13.7 Å². The minimum atomic E-state index is -0.0235. The van der Waals surface area contributed by atoms with E-state index in [1.54, 1.807) is 12.4 Å². The van der Waals surface area contributed by atoms with E-state index in [2.05, 4.69) is 94.9 Å². The predicted octanol–water partition coefficient (Wildman–Crippen LogP) is 11.5. The Morgan fingerprint density at radius 3 is 1.19 bits per heavy atom. The van der Waals surface area contributed by atoms with Crippen LogP contribution in [0.2, 0.25) is 0 Å². The summed E-state index contributed by atoms with van der Waals surface area (Å²) in [6, 6.07) is 52.8. The van der Waals surface area contributed by atoms with Crippen LogP contribution in [-0.4, -0.2) is 38.9 Å². The molecule has 6 aromatic heterocycles. The van der Waals surface area contributed by atoms with Crippen LogP contribution in [0.4, 0.5) is 0 Å². The van der Waals surface area contributed by atoms with Crippen LogP contribution in [0.1, 0.15) is 1.37 Å². The monoisotopic (exact) mass is 763 g/mol. The molecule has 59 heavy (non-hydrogen) atoms. The number of ether oxygens (including phenoxy) is 2. The van der Waals surface area contributed by atoms with Gasteiger partial charge in [-0.25, -0.2) is 15.0 Å². The van der Waals surface area contributed by atoms with Crippen molar-refractivity contribution in [2.75, 3.05) is 0 Å². The van der Waals surface area contributed by atoms with Gasteiger partial charge in [0.15, 0.2) is 0 Å². The van der Waals surface area contributed by atoms with Gasteiger partial charge in [0.2, 0.25) is 0 Å². The van der Waals surface area contributed by atoms with Crippen LogP contribution in [-0.2, 0) is 0 Å². The highest BCUT2D eigenvalue weighted by molar-refractivity contribution is 6.11. The van der Waals surface area contributed by atoms with E-state index in [0.29, 0.717) is 28.9 Å². The Morgan fingerprint density at radius 1 is 0.373 bits per heavy atom. The van der Waals surface area contributed by atoms with Crippen LogP contribution in [0, 0.1) is 0 Å². The van der Waals surface area contributed by atoms with Crippen molar-refractivity contribution in [1.82, 2.24) is 38.9 Å². The Labute approximate surface area is 337 Å². The van der Waals surface area contributed by atoms with E-state index in [9.17, 15) is 0 Å². The number of hydrogen-bond acceptors (Lipinski definition) is 7. The summed E-state index contributed by atoms with van der Waals surface area (Å²) in [5.74, 6) is 4.59. The third-order valence-corrected chi connectivity index (χ3v) is 10.9. The van der Waals surface area contributed by atoms with E-state index in [1.807, 2.05) is 102 Å². The lowest BCUT2D eigenvalue weighted by atomic mass is 10.1. The van der Waals surface area contributed by atoms with Gasteiger partial charge >= 0.3 is 0 Å². The number of para-hydroxylation sites is 2. The van der Waals surface area contributed by atoms with Gasteiger partial charge in [-0.05, 0) is 84.9 Å². The lowest BCUT2D eigenvalue weighted by Crippen LogP contribution is -2.01. The van der Waals surface area contributed by atoms with Crippen molar-refractivity contribution in [3.63, 3.8) is 0 Å². The Kier molecular flexibility index (Phi) is 7.06. The number of rotatable bonds is 7. The Hall–Kier alpha value is -8.37. The minimum Gasteiger partial charge on any atom is -0.457 e. The predicted molar refractivity (Wildman–Crippen MR) is 231 cm³/mol. The van der Waals surface area contributed by atoms with Crippen LogP contribution >= 0.6 is 0 Å². The van der Waals surface area contributed by atoms with Gasteiger partial charge in [-0.2, -0.15) is 5.10 Å². The molecule has 6 heterocycles. The molecule has 0 radical (unpaired) electrons. The molecule has 0 aliphatic rings. The lowest BCUT2D eigenvalue weighted by molar-refractivity contribution is 0.484. The number of fused-ring (bicyclic) bond motifs is 9. The normalized spacial score (nSPS) is 12.0. The molecule has 0 aliphatic heterocycles. The topological polar surface area (TPSA) is 97.7 Å². The minimum absolute atomic E-state index is 0.0235. The molecule has 0 N–H and O–H groups in total. The maximum Gasteiger partial charge on any atom is 0.254 e. The van der Waals surface area contributed by atoms with E-state index in [0.717, 1.165) is 77.1 Å². The molecular formula is C49H30N8O2. The maximum absolute atomic E-state index is 7.99. The summed E-state index contributed by atoms with van der Waals surface area (Å²) in [5, 5.41) is 14.8. The van der Waals surface area contributed by atoms with Crippen molar-refractivity contribution in [3.8, 4) is 40.6 Å². The highest BCUT2D eigenvalue weighted by Crippen LogP contribution is 2.40. The second kappa shape index (κ2) is 13.1. The Bertz CT molecular complexity index is 3400. The van der Waals surface area contributed by atoms with Gasteiger partial charge in [0.05, 0.1) is 46.8 Å². The number of aromatic nitrogens is 8. The molecule has 0 spiro atoms. The molecule has 0 aliphatic carbocycles. The van der Waals surface area contributed by atoms with Gasteiger partial charge in [0, 0.05) is 69.0 Å². The fraction of sp³-hybridized carbons (Fsp3) is 0. The van der Waals surface area contributed by atoms with Crippen LogP contribution in [0.3, 0.4) is 0 Å². The Balaban J connectivity index is 0.961. The molecule has 0 unspecified atom stereocenters. The second-order valence-corrected chi connectivity index (χ2v) is 14.2. The molecule has 0 amide bonds. The summed E-state index contributed by atoms with van der Waals surface area (Å²) in [5.41, 5.74) is 5.73. The standard InChI is InChI=1S/C49H30N8O2/c1-3-11-41-35(9-1)37-19-15-31(27-43(37)55(41)47-13-5-7-23-50-47)58-33-17-21-39-40-22-18-34(30-46(40)57(45(39)29-33)49-52-25-26-53-54-49)59-32-16-20-38-36-10-2-4-12-42(36)56(44(38)28-32)48-14-6-8-24-51-48/h1-30H/i26D. The number of nitrogens with zero attached hydrogens (tertiary/aromatic N) is 8. The van der Waals surface area contributed by atoms with Crippen LogP contribution < -0.4 is 9.47 Å². The first-order chi connectivity index (χ1) is 29.6. The molecule has 12 rings (SSSR count). The third kappa shape index (κ3) is 5.31. The van der Waals surface area contributed by atoms with Crippen molar-refractivity contribution < 1.29 is 10.8 Å². The summed E-state index contributed by atoms with van der Waals surface area (Å²) >= 11 is 0. The summed E-state index contributed by atoms with van der Waals surface area (Å²) < 4.78 is 27.5. The van der Waals surface area contributed by atoms with Crippen molar-refractivity contribution in [1.29, 1.82) is 0 Å². The van der Waals surface area contributed by atoms with E-state index < -0.39 is 0 Å². The van der Waals surface area contributed by atoms with Crippen molar-refractivity contribution in [3.05, 3.63) is 182 Å². The van der Waals surface area contributed by atoms with Crippen LogP contribution in [0.15, 0.2) is 182 Å². The zero-order valence-electron chi connectivity index (χ0n) is 32.1. The van der Waals surface area contributed by atoms with Gasteiger partial charge in [0.1, 0.15) is 34.6 Å². The average Bonchev–Trinajstić information content (AvgIpc) is 3.92. The SMILES string of the molecule is [2H]c1cnc(-n2c3cc(Oc4ccc5c6ccccc6n(-c6ccccn6)c5c4)ccc3c3ccc(Oc4ccc5c6ccccc6n(-c6ccccn6)c5c4)cc32)nn1. The third-order valence-electron chi connectivity index (χ3n) is 10.9. The molecule has 10 heteroatoms. The van der Waals surface area contributed by atoms with Crippen molar-refractivity contribution in [2.24, 2.45) is 0 Å². The molecule has 6 aromatic carbocycles. The smallest absolute Gasteiger partial charge is 0.254 e. The van der Waals surface area contributed by atoms with Crippen molar-refractivity contribution >= 4 is 65.4 Å². The highest BCUT2D eigenvalue weighted by Gasteiger charge is 2.19. The van der Waals surface area contributed by atoms with E-state index >= 15 is 0 Å². The maximum atomic E-state index is 7.99. The van der Waals surface area contributed by atoms with Crippen LogP contribution in [0.25, 0.3) is 83.0 Å². The quantitative estimate of drug-likeness (QED) is 0.159. The molecule has 12 aromatic rings. The first-order valence-corrected chi connectivity index (χ1v) is 19.1. The molecule has 10 nitrogen and oxygen atoms in total. The first-order valence-electron chi connectivity index (χ1n) is 19.6. The molecule has 0 atom stereocenters. The summed E-state index contributed by atoms with van der Waals surface area (Å²) in [6.07, 6.45) is 4.98. The first kappa shape index (κ1) is 31.8. The van der Waals surface area contributed by atoms with E-state index in [-0.39, 0.29) is 6.17 Å². The van der Waals surface area contributed by atoms with Gasteiger partial charge in [-0.1, -0.05) is 48.5 Å². The highest BCUT2D eigenvalue weighted by atomic mass is 16.5. The Morgan fingerprint density at radius 2 is 0.780 bits per heavy atom. The lowest BCUT2D eigenvalue weighted by Gasteiger charge is -2.10. The molecule has 278 valence electrons. The summed E-state index contributed by atoms with van der Waals surface area (Å²) in [6.45, 7) is 0. The fourth-order valence-electron chi connectivity index (χ4n) is 8.40. The zero-order valence-corrected chi connectivity index (χ0v) is 31.1. The zero-order chi connectivity index (χ0) is 39.7. The number of benzene rings is 6. The molecule has 0 saturated heterocycles. The van der Waals surface area contributed by atoms with Gasteiger partial charge < -0.3 is 9.47 Å². The second-order valence-electron chi connectivity index (χ2n) is 14.2. The molecule has 0 saturated carbocycles. The summed E-state index contributed by atoms with van der Waals surface area (Å²) in [4.78, 5) is 13.9. The fourth-order valence-corrected chi connectivity index (χ4v) is 8.40. The molecular weight excluding hydrogens is 733 g/mol. The number of pyridine rings is 2. The molecule has 0 fully saturated rings. The summed E-state index contributed by atoms with van der Waals surface area (Å²) in [7, 11) is 0. The largest absolute Gasteiger partial charge is 0.457 e.